The van der Waals surface area contributed by atoms with Crippen LogP contribution >= 0.6 is 0 Å². The number of ether oxygens (including phenoxy) is 1. The van der Waals surface area contributed by atoms with Crippen LogP contribution in [0.2, 0.25) is 0 Å². The summed E-state index contributed by atoms with van der Waals surface area (Å²) in [5.74, 6) is 1.49. The van der Waals surface area contributed by atoms with Gasteiger partial charge in [0.25, 0.3) is 0 Å². The molecule has 0 bridgehead atoms. The summed E-state index contributed by atoms with van der Waals surface area (Å²) in [4.78, 5) is 0. The fraction of sp³-hybridized carbons (Fsp3) is 0.778. The molecule has 0 heterocycles. The quantitative estimate of drug-likeness (QED) is 0.530. The number of halogens is 2. The molecule has 132 valence electrons. The molecule has 2 aliphatic carbocycles. The number of hydrogen-bond acceptors (Lipinski definition) is 1. The monoisotopic (exact) mass is 320 g/mol. The highest BCUT2D eigenvalue weighted by molar-refractivity contribution is 4.94. The highest BCUT2D eigenvalue weighted by Gasteiger charge is 2.44. The molecule has 2 saturated carbocycles. The first-order valence-electron chi connectivity index (χ1n) is 8.09. The Kier molecular flexibility index (Phi) is 9.58. The van der Waals surface area contributed by atoms with Crippen LogP contribution in [0.25, 0.3) is 0 Å². The Labute approximate surface area is 135 Å². The van der Waals surface area contributed by atoms with E-state index in [9.17, 15) is 8.78 Å². The zero-order chi connectivity index (χ0) is 16.0. The maximum absolute atomic E-state index is 14.3. The molecule has 0 amide bonds. The molecule has 0 aromatic heterocycles. The van der Waals surface area contributed by atoms with Crippen LogP contribution in [0, 0.1) is 17.8 Å². The molecule has 22 heavy (non-hydrogen) atoms. The Balaban J connectivity index is 0. The molecule has 2 rings (SSSR count). The Morgan fingerprint density at radius 2 is 1.55 bits per heavy atom. The summed E-state index contributed by atoms with van der Waals surface area (Å²) in [5.41, 5.74) is 0. The van der Waals surface area contributed by atoms with Crippen molar-refractivity contribution in [2.24, 2.45) is 17.8 Å². The van der Waals surface area contributed by atoms with Crippen molar-refractivity contribution < 1.29 is 20.4 Å². The van der Waals surface area contributed by atoms with Crippen molar-refractivity contribution in [1.82, 2.24) is 0 Å². The molecule has 0 saturated heterocycles. The molecule has 4 atom stereocenters. The first-order chi connectivity index (χ1) is 9.99. The van der Waals surface area contributed by atoms with Gasteiger partial charge in [0, 0.05) is 1.43 Å². The zero-order valence-electron chi connectivity index (χ0n) is 14.0. The SMILES string of the molecule is C=C.C=C(C)OC1CCC(C2CCC(C)CC2)C(F)C1F.O.[HH]. The number of hydrogen-bond donors (Lipinski definition) is 0. The Bertz CT molecular complexity index is 333. The van der Waals surface area contributed by atoms with E-state index in [2.05, 4.69) is 26.7 Å². The Hall–Kier alpha value is -0.900. The molecule has 4 unspecified atom stereocenters. The van der Waals surface area contributed by atoms with Crippen molar-refractivity contribution in [2.75, 3.05) is 0 Å². The summed E-state index contributed by atoms with van der Waals surface area (Å²) in [6, 6.07) is 0. The molecule has 4 heteroatoms. The molecular formula is C18H34F2O2. The van der Waals surface area contributed by atoms with Crippen LogP contribution < -0.4 is 0 Å². The van der Waals surface area contributed by atoms with E-state index in [1.54, 1.807) is 6.92 Å². The van der Waals surface area contributed by atoms with Crippen molar-refractivity contribution in [3.05, 3.63) is 25.5 Å². The third-order valence-corrected chi connectivity index (χ3v) is 4.87. The third-order valence-electron chi connectivity index (χ3n) is 4.87. The molecule has 2 aliphatic rings. The molecular weight excluding hydrogens is 286 g/mol. The van der Waals surface area contributed by atoms with Crippen LogP contribution in [0.15, 0.2) is 25.5 Å². The zero-order valence-corrected chi connectivity index (χ0v) is 14.0. The van der Waals surface area contributed by atoms with Gasteiger partial charge >= 0.3 is 0 Å². The number of allylic oxidation sites excluding steroid dienone is 1. The molecule has 0 radical (unpaired) electrons. The molecule has 2 nitrogen and oxygen atoms in total. The van der Waals surface area contributed by atoms with Crippen molar-refractivity contribution >= 4 is 0 Å². The molecule has 2 fully saturated rings. The van der Waals surface area contributed by atoms with Crippen LogP contribution in [0.4, 0.5) is 8.78 Å². The van der Waals surface area contributed by atoms with Crippen molar-refractivity contribution in [3.8, 4) is 0 Å². The average Bonchev–Trinajstić information content (AvgIpc) is 2.47. The minimum Gasteiger partial charge on any atom is -0.493 e. The predicted octanol–water partition coefficient (Wildman–Crippen LogP) is 5.04. The van der Waals surface area contributed by atoms with E-state index in [4.69, 9.17) is 4.74 Å². The van der Waals surface area contributed by atoms with Gasteiger partial charge in [-0.25, -0.2) is 8.78 Å². The van der Waals surface area contributed by atoms with Gasteiger partial charge in [-0.05, 0) is 50.4 Å². The number of alkyl halides is 2. The summed E-state index contributed by atoms with van der Waals surface area (Å²) >= 11 is 0. The van der Waals surface area contributed by atoms with Gasteiger partial charge in [-0.2, -0.15) is 0 Å². The van der Waals surface area contributed by atoms with E-state index in [1.165, 1.54) is 0 Å². The van der Waals surface area contributed by atoms with Gasteiger partial charge in [-0.15, -0.1) is 13.2 Å². The summed E-state index contributed by atoms with van der Waals surface area (Å²) < 4.78 is 33.8. The van der Waals surface area contributed by atoms with Gasteiger partial charge in [0.2, 0.25) is 0 Å². The van der Waals surface area contributed by atoms with Crippen LogP contribution in [-0.2, 0) is 4.74 Å². The largest absolute Gasteiger partial charge is 0.493 e. The molecule has 2 N–H and O–H groups in total. The minimum absolute atomic E-state index is 0. The second-order valence-electron chi connectivity index (χ2n) is 6.51. The van der Waals surface area contributed by atoms with E-state index in [0.717, 1.165) is 38.0 Å². The first kappa shape index (κ1) is 21.1. The van der Waals surface area contributed by atoms with Crippen molar-refractivity contribution in [3.63, 3.8) is 0 Å². The van der Waals surface area contributed by atoms with Crippen LogP contribution in [0.5, 0.6) is 0 Å². The van der Waals surface area contributed by atoms with Gasteiger partial charge in [0.05, 0.1) is 5.76 Å². The van der Waals surface area contributed by atoms with E-state index >= 15 is 0 Å². The predicted molar refractivity (Wildman–Crippen MR) is 90.3 cm³/mol. The highest BCUT2D eigenvalue weighted by atomic mass is 19.2. The highest BCUT2D eigenvalue weighted by Crippen LogP contribution is 2.42. The lowest BCUT2D eigenvalue weighted by atomic mass is 9.69. The van der Waals surface area contributed by atoms with Gasteiger partial charge in [0.15, 0.2) is 6.17 Å². The fourth-order valence-electron chi connectivity index (χ4n) is 3.71. The first-order valence-corrected chi connectivity index (χ1v) is 8.09. The van der Waals surface area contributed by atoms with Crippen LogP contribution in [0.3, 0.4) is 0 Å². The second kappa shape index (κ2) is 9.98. The number of rotatable bonds is 3. The summed E-state index contributed by atoms with van der Waals surface area (Å²) in [7, 11) is 0. The maximum atomic E-state index is 14.3. The van der Waals surface area contributed by atoms with E-state index in [0.29, 0.717) is 18.1 Å². The van der Waals surface area contributed by atoms with Crippen LogP contribution in [-0.4, -0.2) is 23.9 Å². The molecule has 0 aromatic rings. The summed E-state index contributed by atoms with van der Waals surface area (Å²) in [6.07, 6.45) is 2.32. The van der Waals surface area contributed by atoms with E-state index in [-0.39, 0.29) is 12.8 Å². The minimum atomic E-state index is -1.49. The molecule has 0 aromatic carbocycles. The Morgan fingerprint density at radius 3 is 2.05 bits per heavy atom. The third kappa shape index (κ3) is 5.38. The van der Waals surface area contributed by atoms with Gasteiger partial charge in [-0.3, -0.25) is 0 Å². The smallest absolute Gasteiger partial charge is 0.168 e. The Morgan fingerprint density at radius 1 is 1.00 bits per heavy atom. The lowest BCUT2D eigenvalue weighted by Gasteiger charge is -2.40. The lowest BCUT2D eigenvalue weighted by Crippen LogP contribution is -2.45. The molecule has 0 spiro atoms. The molecule has 0 aliphatic heterocycles. The topological polar surface area (TPSA) is 40.7 Å². The van der Waals surface area contributed by atoms with Gasteiger partial charge in [0.1, 0.15) is 12.3 Å². The second-order valence-corrected chi connectivity index (χ2v) is 6.51. The van der Waals surface area contributed by atoms with Crippen molar-refractivity contribution in [2.45, 2.75) is 70.8 Å². The van der Waals surface area contributed by atoms with Gasteiger partial charge in [-0.1, -0.05) is 26.3 Å². The van der Waals surface area contributed by atoms with Gasteiger partial charge < -0.3 is 10.2 Å². The summed E-state index contributed by atoms with van der Waals surface area (Å²) in [6.45, 7) is 13.6. The maximum Gasteiger partial charge on any atom is 0.168 e. The van der Waals surface area contributed by atoms with Crippen molar-refractivity contribution in [1.29, 1.82) is 0 Å². The van der Waals surface area contributed by atoms with E-state index < -0.39 is 18.4 Å². The van der Waals surface area contributed by atoms with Crippen LogP contribution in [0.1, 0.15) is 53.8 Å². The van der Waals surface area contributed by atoms with E-state index in [1.807, 2.05) is 0 Å². The summed E-state index contributed by atoms with van der Waals surface area (Å²) in [5, 5.41) is 0. The normalized spacial score (nSPS) is 38.0. The lowest BCUT2D eigenvalue weighted by molar-refractivity contribution is -0.0663. The average molecular weight is 320 g/mol. The standard InChI is InChI=1S/C16H26F2O.C2H4.H2O.H2/c1-10(2)19-14-9-8-13(15(17)16(14)18)12-6-4-11(3)5-7-12;1-2;;/h11-16H,1,4-9H2,2-3H3;1-2H2;1H2;1H. The fourth-order valence-corrected chi connectivity index (χ4v) is 3.71.